The molecule has 1 aliphatic rings. The minimum Gasteiger partial charge on any atom is -0.507 e. The van der Waals surface area contributed by atoms with Crippen LogP contribution in [-0.2, 0) is 4.79 Å². The van der Waals surface area contributed by atoms with Gasteiger partial charge in [0.1, 0.15) is 11.5 Å². The van der Waals surface area contributed by atoms with Crippen molar-refractivity contribution < 1.29 is 29.3 Å². The van der Waals surface area contributed by atoms with Gasteiger partial charge >= 0.3 is 5.97 Å². The Kier molecular flexibility index (Phi) is 4.68. The number of phenols is 1. The largest absolute Gasteiger partial charge is 0.507 e. The third-order valence-corrected chi connectivity index (χ3v) is 4.34. The van der Waals surface area contributed by atoms with Crippen LogP contribution in [0.4, 0.5) is 5.69 Å². The number of carbonyl (C=O) groups excluding carboxylic acids is 2. The number of carboxylic acid groups (broad SMARTS) is 1. The number of ketones is 2. The molecule has 3 rings (SSSR count). The number of ether oxygens (including phenoxy) is 1. The predicted molar refractivity (Wildman–Crippen MR) is 97.3 cm³/mol. The third-order valence-electron chi connectivity index (χ3n) is 4.34. The lowest BCUT2D eigenvalue weighted by Crippen LogP contribution is -2.23. The molecular weight excluding hydrogens is 350 g/mol. The molecule has 2 aromatic carbocycles. The second-order valence-electron chi connectivity index (χ2n) is 6.09. The van der Waals surface area contributed by atoms with E-state index in [4.69, 9.17) is 15.6 Å². The minimum atomic E-state index is -1.02. The maximum atomic E-state index is 12.8. The minimum absolute atomic E-state index is 0.0328. The van der Waals surface area contributed by atoms with Crippen LogP contribution in [0.5, 0.6) is 11.5 Å². The number of rotatable bonds is 5. The zero-order valence-corrected chi connectivity index (χ0v) is 14.5. The highest BCUT2D eigenvalue weighted by Gasteiger charge is 2.35. The Morgan fingerprint density at radius 3 is 2.33 bits per heavy atom. The average Bonchev–Trinajstić information content (AvgIpc) is 2.65. The first-order chi connectivity index (χ1) is 12.8. The van der Waals surface area contributed by atoms with Crippen molar-refractivity contribution in [3.63, 3.8) is 0 Å². The van der Waals surface area contributed by atoms with Gasteiger partial charge in [0.25, 0.3) is 0 Å². The van der Waals surface area contributed by atoms with Crippen molar-refractivity contribution in [3.05, 3.63) is 64.2 Å². The third kappa shape index (κ3) is 3.15. The normalized spacial score (nSPS) is 13.1. The van der Waals surface area contributed by atoms with E-state index >= 15 is 0 Å². The number of fused-ring (bicyclic) bond motifs is 2. The van der Waals surface area contributed by atoms with Gasteiger partial charge in [-0.05, 0) is 6.92 Å². The number of hydrogen-bond acceptors (Lipinski definition) is 6. The summed E-state index contributed by atoms with van der Waals surface area (Å²) in [5.74, 6) is -2.28. The van der Waals surface area contributed by atoms with Crippen LogP contribution in [0.15, 0.2) is 42.0 Å². The molecule has 0 bridgehead atoms. The molecule has 7 heteroatoms. The van der Waals surface area contributed by atoms with E-state index in [1.807, 2.05) is 0 Å². The molecule has 0 atom stereocenters. The quantitative estimate of drug-likeness (QED) is 0.274. The first-order valence-electron chi connectivity index (χ1n) is 8.19. The molecule has 2 aromatic rings. The molecule has 0 heterocycles. The van der Waals surface area contributed by atoms with Crippen LogP contribution < -0.4 is 10.5 Å². The molecule has 0 saturated heterocycles. The summed E-state index contributed by atoms with van der Waals surface area (Å²) in [7, 11) is 0. The van der Waals surface area contributed by atoms with Crippen molar-refractivity contribution in [1.29, 1.82) is 0 Å². The SMILES string of the molecule is CC(=CCCOc1cc(O)c2c(c1N)C(=O)c1ccccc1C2=O)C(=O)O. The van der Waals surface area contributed by atoms with Gasteiger partial charge in [-0.3, -0.25) is 9.59 Å². The molecule has 7 nitrogen and oxygen atoms in total. The molecule has 0 aliphatic heterocycles. The highest BCUT2D eigenvalue weighted by molar-refractivity contribution is 6.31. The number of carboxylic acids is 1. The summed E-state index contributed by atoms with van der Waals surface area (Å²) in [4.78, 5) is 36.2. The van der Waals surface area contributed by atoms with Gasteiger partial charge in [-0.15, -0.1) is 0 Å². The van der Waals surface area contributed by atoms with Gasteiger partial charge < -0.3 is 20.7 Å². The van der Waals surface area contributed by atoms with Crippen LogP contribution in [0.1, 0.15) is 45.2 Å². The van der Waals surface area contributed by atoms with Crippen molar-refractivity contribution in [2.45, 2.75) is 13.3 Å². The van der Waals surface area contributed by atoms with Crippen LogP contribution in [0.25, 0.3) is 0 Å². The molecule has 4 N–H and O–H groups in total. The molecule has 0 unspecified atom stereocenters. The molecule has 0 aromatic heterocycles. The second-order valence-corrected chi connectivity index (χ2v) is 6.09. The first-order valence-corrected chi connectivity index (χ1v) is 8.19. The van der Waals surface area contributed by atoms with Gasteiger partial charge in [-0.25, -0.2) is 4.79 Å². The summed E-state index contributed by atoms with van der Waals surface area (Å²) < 4.78 is 5.50. The lowest BCUT2D eigenvalue weighted by molar-refractivity contribution is -0.132. The fourth-order valence-corrected chi connectivity index (χ4v) is 2.93. The van der Waals surface area contributed by atoms with Gasteiger partial charge in [-0.1, -0.05) is 30.3 Å². The zero-order valence-electron chi connectivity index (χ0n) is 14.5. The number of nitrogens with two attached hydrogens (primary N) is 1. The van der Waals surface area contributed by atoms with Gasteiger partial charge in [0.2, 0.25) is 0 Å². The fourth-order valence-electron chi connectivity index (χ4n) is 2.93. The van der Waals surface area contributed by atoms with Crippen molar-refractivity contribution in [2.24, 2.45) is 0 Å². The summed E-state index contributed by atoms with van der Waals surface area (Å²) >= 11 is 0. The smallest absolute Gasteiger partial charge is 0.330 e. The van der Waals surface area contributed by atoms with Crippen LogP contribution >= 0.6 is 0 Å². The van der Waals surface area contributed by atoms with Crippen molar-refractivity contribution in [2.75, 3.05) is 12.3 Å². The van der Waals surface area contributed by atoms with Crippen molar-refractivity contribution in [3.8, 4) is 11.5 Å². The Labute approximate surface area is 154 Å². The van der Waals surface area contributed by atoms with Crippen LogP contribution in [0.3, 0.4) is 0 Å². The molecule has 0 amide bonds. The molecule has 27 heavy (non-hydrogen) atoms. The lowest BCUT2D eigenvalue weighted by atomic mass is 9.82. The molecule has 0 spiro atoms. The number of anilines is 1. The van der Waals surface area contributed by atoms with E-state index in [1.54, 1.807) is 12.1 Å². The number of phenolic OH excluding ortho intramolecular Hbond substituents is 1. The van der Waals surface area contributed by atoms with Crippen LogP contribution in [0, 0.1) is 0 Å². The van der Waals surface area contributed by atoms with Crippen LogP contribution in [0.2, 0.25) is 0 Å². The van der Waals surface area contributed by atoms with Crippen molar-refractivity contribution >= 4 is 23.2 Å². The Balaban J connectivity index is 1.94. The monoisotopic (exact) mass is 367 g/mol. The maximum absolute atomic E-state index is 12.8. The number of aliphatic carboxylic acids is 1. The van der Waals surface area contributed by atoms with Crippen LogP contribution in [-0.4, -0.2) is 34.4 Å². The van der Waals surface area contributed by atoms with E-state index in [-0.39, 0.29) is 51.6 Å². The predicted octanol–water partition coefficient (Wildman–Crippen LogP) is 2.55. The summed E-state index contributed by atoms with van der Waals surface area (Å²) in [6.45, 7) is 1.55. The fraction of sp³-hybridized carbons (Fsp3) is 0.150. The molecule has 0 saturated carbocycles. The van der Waals surface area contributed by atoms with Gasteiger partial charge in [0.05, 0.1) is 23.4 Å². The summed E-state index contributed by atoms with van der Waals surface area (Å²) in [5.41, 5.74) is 6.42. The molecule has 138 valence electrons. The highest BCUT2D eigenvalue weighted by Crippen LogP contribution is 2.41. The average molecular weight is 367 g/mol. The topological polar surface area (TPSA) is 127 Å². The summed E-state index contributed by atoms with van der Waals surface area (Å²) in [5, 5.41) is 19.1. The van der Waals surface area contributed by atoms with E-state index < -0.39 is 17.5 Å². The molecule has 0 fully saturated rings. The van der Waals surface area contributed by atoms with Gasteiger partial charge in [0.15, 0.2) is 11.6 Å². The Morgan fingerprint density at radius 2 is 1.74 bits per heavy atom. The van der Waals surface area contributed by atoms with E-state index in [9.17, 15) is 19.5 Å². The second kappa shape index (κ2) is 6.95. The number of hydrogen-bond donors (Lipinski definition) is 3. The van der Waals surface area contributed by atoms with E-state index in [1.165, 1.54) is 31.2 Å². The van der Waals surface area contributed by atoms with E-state index in [0.29, 0.717) is 6.42 Å². The molecule has 0 radical (unpaired) electrons. The van der Waals surface area contributed by atoms with E-state index in [0.717, 1.165) is 0 Å². The zero-order chi connectivity index (χ0) is 19.7. The molecular formula is C20H17NO6. The number of benzene rings is 2. The maximum Gasteiger partial charge on any atom is 0.330 e. The Hall–Kier alpha value is -3.61. The number of aromatic hydroxyl groups is 1. The number of nitrogen functional groups attached to an aromatic ring is 1. The van der Waals surface area contributed by atoms with Gasteiger partial charge in [-0.2, -0.15) is 0 Å². The lowest BCUT2D eigenvalue weighted by Gasteiger charge is -2.21. The highest BCUT2D eigenvalue weighted by atomic mass is 16.5. The summed E-state index contributed by atoms with van der Waals surface area (Å²) in [6, 6.07) is 7.53. The van der Waals surface area contributed by atoms with Crippen molar-refractivity contribution in [1.82, 2.24) is 0 Å². The summed E-state index contributed by atoms with van der Waals surface area (Å²) in [6.07, 6.45) is 1.78. The molecule has 1 aliphatic carbocycles. The standard InChI is InChI=1S/C20H17NO6/c1-10(20(25)26)5-4-8-27-14-9-13(22)15-16(17(14)21)19(24)12-7-3-2-6-11(12)18(15)23/h2-3,5-7,9,22H,4,8,21H2,1H3,(H,25,26). The van der Waals surface area contributed by atoms with E-state index in [2.05, 4.69) is 0 Å². The number of carbonyl (C=O) groups is 3. The van der Waals surface area contributed by atoms with Gasteiger partial charge in [0, 0.05) is 29.2 Å². The Bertz CT molecular complexity index is 1010. The first kappa shape index (κ1) is 18.2. The Morgan fingerprint density at radius 1 is 1.15 bits per heavy atom.